The van der Waals surface area contributed by atoms with Crippen molar-refractivity contribution in [2.45, 2.75) is 76.5 Å². The van der Waals surface area contributed by atoms with Gasteiger partial charge in [-0.3, -0.25) is 0 Å². The standard InChI is InChI=1S/C22H36N2O/c23-21-10-6-18(7-11-21)16-19-8-12-22(13-9-19)24-14-15-25-17-20-4-2-1-3-5-20/h1-5,18-19,21-22,24H,6-17,23H2. The number of hydrogen-bond acceptors (Lipinski definition) is 3. The molecule has 3 nitrogen and oxygen atoms in total. The van der Waals surface area contributed by atoms with Crippen LogP contribution in [0.1, 0.15) is 63.4 Å². The Labute approximate surface area is 153 Å². The summed E-state index contributed by atoms with van der Waals surface area (Å²) in [6, 6.07) is 11.6. The number of nitrogens with one attached hydrogen (secondary N) is 1. The highest BCUT2D eigenvalue weighted by Gasteiger charge is 2.25. The molecule has 2 fully saturated rings. The normalized spacial score (nSPS) is 30.3. The van der Waals surface area contributed by atoms with Crippen LogP contribution in [0.5, 0.6) is 0 Å². The zero-order valence-electron chi connectivity index (χ0n) is 15.7. The molecule has 1 aromatic carbocycles. The van der Waals surface area contributed by atoms with Gasteiger partial charge < -0.3 is 15.8 Å². The maximum Gasteiger partial charge on any atom is 0.0717 e. The van der Waals surface area contributed by atoms with E-state index in [0.29, 0.717) is 12.1 Å². The highest BCUT2D eigenvalue weighted by Crippen LogP contribution is 2.35. The Morgan fingerprint density at radius 2 is 1.52 bits per heavy atom. The molecule has 2 saturated carbocycles. The van der Waals surface area contributed by atoms with Crippen LogP contribution >= 0.6 is 0 Å². The summed E-state index contributed by atoms with van der Waals surface area (Å²) in [5.74, 6) is 1.92. The van der Waals surface area contributed by atoms with Gasteiger partial charge in [-0.05, 0) is 75.2 Å². The van der Waals surface area contributed by atoms with Crippen LogP contribution in [-0.2, 0) is 11.3 Å². The number of hydrogen-bond donors (Lipinski definition) is 2. The molecule has 2 aliphatic carbocycles. The van der Waals surface area contributed by atoms with Crippen molar-refractivity contribution in [2.24, 2.45) is 17.6 Å². The van der Waals surface area contributed by atoms with Crippen molar-refractivity contribution in [3.8, 4) is 0 Å². The molecule has 3 rings (SSSR count). The fraction of sp³-hybridized carbons (Fsp3) is 0.727. The number of rotatable bonds is 8. The lowest BCUT2D eigenvalue weighted by Gasteiger charge is -2.33. The first-order valence-corrected chi connectivity index (χ1v) is 10.4. The Kier molecular flexibility index (Phi) is 7.78. The van der Waals surface area contributed by atoms with Crippen LogP contribution < -0.4 is 11.1 Å². The van der Waals surface area contributed by atoms with Gasteiger partial charge in [-0.1, -0.05) is 30.3 Å². The third-order valence-corrected chi connectivity index (χ3v) is 6.20. The van der Waals surface area contributed by atoms with Crippen molar-refractivity contribution in [2.75, 3.05) is 13.2 Å². The van der Waals surface area contributed by atoms with Crippen LogP contribution in [0.15, 0.2) is 30.3 Å². The van der Waals surface area contributed by atoms with Crippen LogP contribution in [-0.4, -0.2) is 25.2 Å². The molecule has 0 unspecified atom stereocenters. The molecule has 0 heterocycles. The van der Waals surface area contributed by atoms with Gasteiger partial charge in [0.2, 0.25) is 0 Å². The lowest BCUT2D eigenvalue weighted by atomic mass is 9.76. The summed E-state index contributed by atoms with van der Waals surface area (Å²) in [6.45, 7) is 2.50. The molecule has 0 radical (unpaired) electrons. The molecule has 0 aliphatic heterocycles. The van der Waals surface area contributed by atoms with E-state index in [1.165, 1.54) is 63.4 Å². The fourth-order valence-electron chi connectivity index (χ4n) is 4.60. The topological polar surface area (TPSA) is 47.3 Å². The molecular weight excluding hydrogens is 308 g/mol. The number of benzene rings is 1. The average molecular weight is 345 g/mol. The van der Waals surface area contributed by atoms with Crippen molar-refractivity contribution in [3.05, 3.63) is 35.9 Å². The molecule has 25 heavy (non-hydrogen) atoms. The van der Waals surface area contributed by atoms with Gasteiger partial charge in [0.15, 0.2) is 0 Å². The van der Waals surface area contributed by atoms with Gasteiger partial charge >= 0.3 is 0 Å². The van der Waals surface area contributed by atoms with Gasteiger partial charge in [0, 0.05) is 18.6 Å². The third-order valence-electron chi connectivity index (χ3n) is 6.20. The molecule has 0 aromatic heterocycles. The van der Waals surface area contributed by atoms with Gasteiger partial charge in [-0.25, -0.2) is 0 Å². The van der Waals surface area contributed by atoms with E-state index in [1.54, 1.807) is 0 Å². The van der Waals surface area contributed by atoms with Crippen LogP contribution in [0.25, 0.3) is 0 Å². The number of ether oxygens (including phenoxy) is 1. The van der Waals surface area contributed by atoms with Gasteiger partial charge in [0.1, 0.15) is 0 Å². The summed E-state index contributed by atoms with van der Waals surface area (Å²) in [6.07, 6.45) is 12.2. The first-order valence-electron chi connectivity index (χ1n) is 10.4. The minimum absolute atomic E-state index is 0.486. The molecule has 140 valence electrons. The Hall–Kier alpha value is -0.900. The van der Waals surface area contributed by atoms with E-state index in [-0.39, 0.29) is 0 Å². The molecule has 3 heteroatoms. The van der Waals surface area contributed by atoms with Gasteiger partial charge in [0.25, 0.3) is 0 Å². The predicted molar refractivity (Wildman–Crippen MR) is 104 cm³/mol. The average Bonchev–Trinajstić information content (AvgIpc) is 2.65. The molecule has 3 N–H and O–H groups in total. The second kappa shape index (κ2) is 10.3. The summed E-state index contributed by atoms with van der Waals surface area (Å²) in [5, 5.41) is 3.70. The van der Waals surface area contributed by atoms with E-state index in [1.807, 2.05) is 6.07 Å². The molecule has 0 amide bonds. The van der Waals surface area contributed by atoms with Crippen molar-refractivity contribution >= 4 is 0 Å². The zero-order chi connectivity index (χ0) is 17.3. The highest BCUT2D eigenvalue weighted by molar-refractivity contribution is 5.13. The summed E-state index contributed by atoms with van der Waals surface area (Å²) in [4.78, 5) is 0. The number of nitrogens with two attached hydrogens (primary N) is 1. The zero-order valence-corrected chi connectivity index (χ0v) is 15.7. The molecule has 0 atom stereocenters. The molecule has 0 spiro atoms. The SMILES string of the molecule is NC1CCC(CC2CCC(NCCOCc3ccccc3)CC2)CC1. The van der Waals surface area contributed by atoms with E-state index in [0.717, 1.165) is 31.6 Å². The monoisotopic (exact) mass is 344 g/mol. The van der Waals surface area contributed by atoms with Crippen LogP contribution in [0.2, 0.25) is 0 Å². The smallest absolute Gasteiger partial charge is 0.0717 e. The highest BCUT2D eigenvalue weighted by atomic mass is 16.5. The predicted octanol–water partition coefficient (Wildman–Crippen LogP) is 4.26. The Balaban J connectivity index is 1.22. The van der Waals surface area contributed by atoms with Crippen LogP contribution in [0, 0.1) is 11.8 Å². The second-order valence-corrected chi connectivity index (χ2v) is 8.23. The van der Waals surface area contributed by atoms with E-state index in [2.05, 4.69) is 29.6 Å². The second-order valence-electron chi connectivity index (χ2n) is 8.23. The minimum atomic E-state index is 0.486. The lowest BCUT2D eigenvalue weighted by molar-refractivity contribution is 0.117. The van der Waals surface area contributed by atoms with E-state index in [9.17, 15) is 0 Å². The largest absolute Gasteiger partial charge is 0.375 e. The Morgan fingerprint density at radius 3 is 2.20 bits per heavy atom. The van der Waals surface area contributed by atoms with E-state index < -0.39 is 0 Å². The summed E-state index contributed by atoms with van der Waals surface area (Å²) in [7, 11) is 0. The minimum Gasteiger partial charge on any atom is -0.375 e. The maximum atomic E-state index is 6.03. The maximum absolute atomic E-state index is 6.03. The Morgan fingerprint density at radius 1 is 0.880 bits per heavy atom. The van der Waals surface area contributed by atoms with Gasteiger partial charge in [-0.2, -0.15) is 0 Å². The summed E-state index contributed by atoms with van der Waals surface area (Å²) in [5.41, 5.74) is 7.29. The lowest BCUT2D eigenvalue weighted by Crippen LogP contribution is -2.36. The molecular formula is C22H36N2O. The molecule has 0 saturated heterocycles. The Bertz CT molecular complexity index is 462. The molecule has 2 aliphatic rings. The molecule has 1 aromatic rings. The van der Waals surface area contributed by atoms with E-state index in [4.69, 9.17) is 10.5 Å². The molecule has 0 bridgehead atoms. The summed E-state index contributed by atoms with van der Waals surface area (Å²) < 4.78 is 5.77. The first kappa shape index (κ1) is 18.9. The van der Waals surface area contributed by atoms with Gasteiger partial charge in [0.05, 0.1) is 13.2 Å². The van der Waals surface area contributed by atoms with Crippen LogP contribution in [0.3, 0.4) is 0 Å². The fourth-order valence-corrected chi connectivity index (χ4v) is 4.60. The van der Waals surface area contributed by atoms with Crippen molar-refractivity contribution in [3.63, 3.8) is 0 Å². The third kappa shape index (κ3) is 6.73. The van der Waals surface area contributed by atoms with Crippen LogP contribution in [0.4, 0.5) is 0 Å². The van der Waals surface area contributed by atoms with Crippen molar-refractivity contribution in [1.29, 1.82) is 0 Å². The van der Waals surface area contributed by atoms with E-state index >= 15 is 0 Å². The summed E-state index contributed by atoms with van der Waals surface area (Å²) >= 11 is 0. The van der Waals surface area contributed by atoms with Gasteiger partial charge in [-0.15, -0.1) is 0 Å². The quantitative estimate of drug-likeness (QED) is 0.693. The van der Waals surface area contributed by atoms with Crippen molar-refractivity contribution in [1.82, 2.24) is 5.32 Å². The first-order chi connectivity index (χ1) is 12.3. The van der Waals surface area contributed by atoms with Crippen molar-refractivity contribution < 1.29 is 4.74 Å².